The van der Waals surface area contributed by atoms with Gasteiger partial charge in [-0.2, -0.15) is 21.9 Å². The number of benzene rings is 1. The van der Waals surface area contributed by atoms with E-state index in [-0.39, 0.29) is 46.3 Å². The van der Waals surface area contributed by atoms with Gasteiger partial charge in [0.1, 0.15) is 26.8 Å². The fourth-order valence-corrected chi connectivity index (χ4v) is 5.62. The molecule has 0 radical (unpaired) electrons. The number of nitrogens with two attached hydrogens (primary N) is 2. The van der Waals surface area contributed by atoms with E-state index in [9.17, 15) is 36.0 Å². The molecule has 0 aliphatic carbocycles. The molecule has 0 aliphatic heterocycles. The van der Waals surface area contributed by atoms with E-state index in [1.807, 2.05) is 0 Å². The van der Waals surface area contributed by atoms with Gasteiger partial charge >= 0.3 is 18.1 Å². The Morgan fingerprint density at radius 1 is 1.16 bits per heavy atom. The molecule has 0 spiro atoms. The Morgan fingerprint density at radius 2 is 1.89 bits per heavy atom. The Balaban J connectivity index is 1.80. The van der Waals surface area contributed by atoms with Crippen LogP contribution in [0.5, 0.6) is 0 Å². The topological polar surface area (TPSA) is 209 Å². The third-order valence-electron chi connectivity index (χ3n) is 4.61. The highest BCUT2D eigenvalue weighted by Crippen LogP contribution is 2.28. The molecule has 6 N–H and O–H groups in total. The van der Waals surface area contributed by atoms with Gasteiger partial charge < -0.3 is 21.5 Å². The molecule has 3 aromatic rings. The third kappa shape index (κ3) is 7.13. The summed E-state index contributed by atoms with van der Waals surface area (Å²) in [6.07, 6.45) is -5.75. The van der Waals surface area contributed by atoms with E-state index in [0.717, 1.165) is 23.1 Å². The molecule has 13 nitrogen and oxygen atoms in total. The number of sulfonamides is 1. The number of ether oxygens (including phenoxy) is 1. The summed E-state index contributed by atoms with van der Waals surface area (Å²) in [6, 6.07) is 3.87. The van der Waals surface area contributed by atoms with Gasteiger partial charge in [0.25, 0.3) is 15.9 Å². The number of anilines is 1. The average Bonchev–Trinajstić information content (AvgIpc) is 3.48. The number of nitrogens with zero attached hydrogens (tertiary/aromatic N) is 3. The summed E-state index contributed by atoms with van der Waals surface area (Å²) < 4.78 is 77.7. The van der Waals surface area contributed by atoms with Gasteiger partial charge in [-0.25, -0.2) is 18.0 Å². The molecule has 1 amide bonds. The molecule has 3 rings (SSSR count). The predicted octanol–water partition coefficient (Wildman–Crippen LogP) is 1.34. The summed E-state index contributed by atoms with van der Waals surface area (Å²) in [5, 5.41) is 3.54. The van der Waals surface area contributed by atoms with Gasteiger partial charge in [0, 0.05) is 6.54 Å². The van der Waals surface area contributed by atoms with Crippen molar-refractivity contribution in [3.05, 3.63) is 34.5 Å². The Labute approximate surface area is 220 Å². The van der Waals surface area contributed by atoms with E-state index < -0.39 is 40.1 Å². The molecule has 2 heterocycles. The van der Waals surface area contributed by atoms with Crippen LogP contribution in [0, 0.1) is 0 Å². The van der Waals surface area contributed by atoms with Crippen molar-refractivity contribution in [2.24, 2.45) is 16.5 Å². The van der Waals surface area contributed by atoms with E-state index in [0.29, 0.717) is 5.52 Å². The van der Waals surface area contributed by atoms with E-state index in [2.05, 4.69) is 28.5 Å². The quantitative estimate of drug-likeness (QED) is 0.0871. The zero-order chi connectivity index (χ0) is 28.1. The highest BCUT2D eigenvalue weighted by atomic mass is 32.2. The van der Waals surface area contributed by atoms with E-state index in [1.165, 1.54) is 23.6 Å². The fraction of sp³-hybridized carbons (Fsp3) is 0.263. The summed E-state index contributed by atoms with van der Waals surface area (Å²) in [5.41, 5.74) is 10.7. The summed E-state index contributed by atoms with van der Waals surface area (Å²) in [7, 11) is -4.26. The smallest absolute Gasteiger partial charge is 0.385 e. The van der Waals surface area contributed by atoms with Crippen LogP contribution in [0.2, 0.25) is 0 Å². The normalized spacial score (nSPS) is 12.5. The minimum Gasteiger partial charge on any atom is -0.385 e. The van der Waals surface area contributed by atoms with Crippen molar-refractivity contribution in [1.82, 2.24) is 14.1 Å². The number of amides is 1. The number of guanidine groups is 1. The molecule has 204 valence electrons. The Morgan fingerprint density at radius 3 is 2.58 bits per heavy atom. The molecule has 0 unspecified atom stereocenters. The van der Waals surface area contributed by atoms with Crippen LogP contribution < -0.4 is 21.5 Å². The first kappa shape index (κ1) is 28.7. The van der Waals surface area contributed by atoms with E-state index in [1.54, 1.807) is 6.07 Å². The lowest BCUT2D eigenvalue weighted by Crippen LogP contribution is -2.44. The first-order valence-corrected chi connectivity index (χ1v) is 13.4. The lowest BCUT2D eigenvalue weighted by Gasteiger charge is -2.17. The standard InChI is InChI=1S/C19H18F3N7O6S3/c20-19(21,22)17(32)35-16(31)11(4-2-7-25-18(23)24)26-15(30)14-10(6-8-36-14)29-38(33,34)12-5-1-3-9-13(12)28-37-27-9/h1,3,5-6,8,11,29H,2,4,7H2,(H,26,30)(H4,23,24,25)/t11-/m0/s1. The second-order valence-electron chi connectivity index (χ2n) is 7.34. The maximum absolute atomic E-state index is 13.0. The highest BCUT2D eigenvalue weighted by molar-refractivity contribution is 7.93. The molecule has 0 aliphatic rings. The van der Waals surface area contributed by atoms with Crippen molar-refractivity contribution in [2.45, 2.75) is 30.0 Å². The number of hydrogen-bond donors (Lipinski definition) is 4. The van der Waals surface area contributed by atoms with Crippen molar-refractivity contribution in [2.75, 3.05) is 11.3 Å². The number of aliphatic imine (C=N–C) groups is 1. The zero-order valence-corrected chi connectivity index (χ0v) is 21.3. The molecule has 1 aromatic carbocycles. The van der Waals surface area contributed by atoms with Gasteiger partial charge in [-0.1, -0.05) is 6.07 Å². The number of fused-ring (bicyclic) bond motifs is 1. The number of carbonyl (C=O) groups excluding carboxylic acids is 3. The first-order valence-electron chi connectivity index (χ1n) is 10.3. The maximum atomic E-state index is 13.0. The van der Waals surface area contributed by atoms with Gasteiger partial charge in [0.05, 0.1) is 17.4 Å². The van der Waals surface area contributed by atoms with Gasteiger partial charge in [-0.15, -0.1) is 11.3 Å². The SMILES string of the molecule is NC(N)=NCCC[C@H](NC(=O)c1sccc1NS(=O)(=O)c1cccc2nsnc12)C(=O)OC(=O)C(F)(F)F. The van der Waals surface area contributed by atoms with Crippen molar-refractivity contribution in [3.8, 4) is 0 Å². The largest absolute Gasteiger partial charge is 0.491 e. The number of alkyl halides is 3. The summed E-state index contributed by atoms with van der Waals surface area (Å²) in [5.74, 6) is -5.73. The van der Waals surface area contributed by atoms with Gasteiger partial charge in [0.15, 0.2) is 5.96 Å². The maximum Gasteiger partial charge on any atom is 0.491 e. The molecule has 1 atom stereocenters. The van der Waals surface area contributed by atoms with Crippen LogP contribution in [-0.4, -0.2) is 59.7 Å². The number of halogens is 3. The fourth-order valence-electron chi connectivity index (χ4n) is 2.96. The van der Waals surface area contributed by atoms with Crippen molar-refractivity contribution < 1.29 is 40.7 Å². The van der Waals surface area contributed by atoms with Crippen LogP contribution >= 0.6 is 23.1 Å². The number of carbonyl (C=O) groups is 3. The van der Waals surface area contributed by atoms with Gasteiger partial charge in [0.2, 0.25) is 0 Å². The van der Waals surface area contributed by atoms with Crippen molar-refractivity contribution in [3.63, 3.8) is 0 Å². The Bertz CT molecular complexity index is 1480. The first-order chi connectivity index (χ1) is 17.8. The second kappa shape index (κ2) is 11.7. The average molecular weight is 594 g/mol. The molecule has 38 heavy (non-hydrogen) atoms. The molecular weight excluding hydrogens is 575 g/mol. The highest BCUT2D eigenvalue weighted by Gasteiger charge is 2.43. The van der Waals surface area contributed by atoms with Crippen LogP contribution in [0.1, 0.15) is 22.5 Å². The molecule has 0 saturated heterocycles. The predicted molar refractivity (Wildman–Crippen MR) is 131 cm³/mol. The van der Waals surface area contributed by atoms with Gasteiger partial charge in [-0.05, 0) is 36.4 Å². The van der Waals surface area contributed by atoms with Crippen LogP contribution in [0.3, 0.4) is 0 Å². The zero-order valence-electron chi connectivity index (χ0n) is 18.9. The van der Waals surface area contributed by atoms with E-state index in [4.69, 9.17) is 11.5 Å². The summed E-state index contributed by atoms with van der Waals surface area (Å²) >= 11 is 1.59. The molecule has 0 fully saturated rings. The van der Waals surface area contributed by atoms with Gasteiger partial charge in [-0.3, -0.25) is 14.5 Å². The van der Waals surface area contributed by atoms with Crippen LogP contribution in [0.4, 0.5) is 18.9 Å². The minimum absolute atomic E-state index is 0.00770. The van der Waals surface area contributed by atoms with Crippen LogP contribution in [0.15, 0.2) is 39.5 Å². The second-order valence-corrected chi connectivity index (χ2v) is 10.4. The minimum atomic E-state index is -5.45. The van der Waals surface area contributed by atoms with E-state index >= 15 is 0 Å². The third-order valence-corrected chi connectivity index (χ3v) is 7.47. The number of thiophene rings is 1. The lowest BCUT2D eigenvalue weighted by atomic mass is 10.1. The molecule has 0 bridgehead atoms. The molecule has 0 saturated carbocycles. The number of rotatable bonds is 10. The van der Waals surface area contributed by atoms with Crippen molar-refractivity contribution in [1.29, 1.82) is 0 Å². The van der Waals surface area contributed by atoms with Crippen LogP contribution in [-0.2, 0) is 24.3 Å². The molecular formula is C19H18F3N7O6S3. The van der Waals surface area contributed by atoms with Crippen molar-refractivity contribution >= 4 is 73.6 Å². The Hall–Kier alpha value is -3.84. The monoisotopic (exact) mass is 593 g/mol. The summed E-state index contributed by atoms with van der Waals surface area (Å²) in [4.78, 5) is 39.5. The number of hydrogen-bond acceptors (Lipinski definition) is 11. The summed E-state index contributed by atoms with van der Waals surface area (Å²) in [6.45, 7) is -0.0454. The Kier molecular flexibility index (Phi) is 8.84. The lowest BCUT2D eigenvalue weighted by molar-refractivity contribution is -0.202. The molecule has 2 aromatic heterocycles. The molecule has 19 heteroatoms. The number of esters is 2. The number of nitrogens with one attached hydrogen (secondary N) is 2. The number of aromatic nitrogens is 2. The van der Waals surface area contributed by atoms with Crippen LogP contribution in [0.25, 0.3) is 11.0 Å².